The van der Waals surface area contributed by atoms with E-state index < -0.39 is 10.0 Å². The van der Waals surface area contributed by atoms with Crippen LogP contribution in [0.25, 0.3) is 0 Å². The minimum Gasteiger partial charge on any atom is -0.326 e. The molecule has 0 saturated heterocycles. The first-order chi connectivity index (χ1) is 10.9. The standard InChI is InChI=1S/C17H20N2O3S/c1-13(15-6-4-3-5-7-15)12-18-23(21,22)17-10-8-16(9-11-17)19-14(2)20/h3-11,13,18H,12H2,1-2H3,(H,19,20)/t13-/m0/s1. The minimum absolute atomic E-state index is 0.0737. The van der Waals surface area contributed by atoms with E-state index in [1.807, 2.05) is 37.3 Å². The molecule has 0 saturated carbocycles. The first kappa shape index (κ1) is 17.2. The fourth-order valence-electron chi connectivity index (χ4n) is 2.14. The van der Waals surface area contributed by atoms with Crippen molar-refractivity contribution in [2.24, 2.45) is 0 Å². The van der Waals surface area contributed by atoms with Crippen LogP contribution >= 0.6 is 0 Å². The Balaban J connectivity index is 2.02. The summed E-state index contributed by atoms with van der Waals surface area (Å²) in [5.41, 5.74) is 1.64. The average Bonchev–Trinajstić information content (AvgIpc) is 2.53. The van der Waals surface area contributed by atoms with Crippen molar-refractivity contribution in [1.82, 2.24) is 4.72 Å². The van der Waals surface area contributed by atoms with E-state index in [-0.39, 0.29) is 16.7 Å². The van der Waals surface area contributed by atoms with Gasteiger partial charge in [-0.25, -0.2) is 13.1 Å². The predicted molar refractivity (Wildman–Crippen MR) is 90.8 cm³/mol. The molecule has 0 aliphatic carbocycles. The second kappa shape index (κ2) is 7.39. The molecule has 0 fully saturated rings. The third kappa shape index (κ3) is 4.91. The molecule has 0 bridgehead atoms. The van der Waals surface area contributed by atoms with Gasteiger partial charge in [-0.1, -0.05) is 37.3 Å². The van der Waals surface area contributed by atoms with Gasteiger partial charge in [-0.3, -0.25) is 4.79 Å². The van der Waals surface area contributed by atoms with E-state index in [4.69, 9.17) is 0 Å². The molecule has 0 spiro atoms. The Hall–Kier alpha value is -2.18. The summed E-state index contributed by atoms with van der Waals surface area (Å²) >= 11 is 0. The number of hydrogen-bond donors (Lipinski definition) is 2. The van der Waals surface area contributed by atoms with Crippen LogP contribution in [0.3, 0.4) is 0 Å². The molecule has 0 aromatic heterocycles. The Labute approximate surface area is 136 Å². The van der Waals surface area contributed by atoms with E-state index in [9.17, 15) is 13.2 Å². The zero-order valence-corrected chi connectivity index (χ0v) is 13.9. The van der Waals surface area contributed by atoms with Crippen molar-refractivity contribution in [2.75, 3.05) is 11.9 Å². The van der Waals surface area contributed by atoms with Crippen LogP contribution in [0.15, 0.2) is 59.5 Å². The summed E-state index contributed by atoms with van der Waals surface area (Å²) in [6.45, 7) is 3.69. The van der Waals surface area contributed by atoms with Gasteiger partial charge in [-0.2, -0.15) is 0 Å². The van der Waals surface area contributed by atoms with Crippen molar-refractivity contribution < 1.29 is 13.2 Å². The molecule has 1 amide bonds. The maximum absolute atomic E-state index is 12.3. The molecule has 0 unspecified atom stereocenters. The highest BCUT2D eigenvalue weighted by atomic mass is 32.2. The Kier molecular flexibility index (Phi) is 5.52. The zero-order valence-electron chi connectivity index (χ0n) is 13.1. The van der Waals surface area contributed by atoms with Gasteiger partial charge in [0.15, 0.2) is 0 Å². The average molecular weight is 332 g/mol. The summed E-state index contributed by atoms with van der Waals surface area (Å²) in [5.74, 6) is -0.125. The lowest BCUT2D eigenvalue weighted by molar-refractivity contribution is -0.114. The molecule has 122 valence electrons. The normalized spacial score (nSPS) is 12.6. The molecule has 2 rings (SSSR count). The first-order valence-electron chi connectivity index (χ1n) is 7.31. The molecule has 6 heteroatoms. The van der Waals surface area contributed by atoms with Crippen LogP contribution in [0, 0.1) is 0 Å². The Morgan fingerprint density at radius 3 is 2.22 bits per heavy atom. The molecule has 0 aliphatic rings. The van der Waals surface area contributed by atoms with Gasteiger partial charge in [0.1, 0.15) is 0 Å². The first-order valence-corrected chi connectivity index (χ1v) is 8.79. The van der Waals surface area contributed by atoms with Gasteiger partial charge in [-0.05, 0) is 35.7 Å². The molecule has 0 aliphatic heterocycles. The number of rotatable bonds is 6. The molecule has 0 heterocycles. The fourth-order valence-corrected chi connectivity index (χ4v) is 3.27. The molecule has 0 radical (unpaired) electrons. The molecule has 2 aromatic rings. The highest BCUT2D eigenvalue weighted by Crippen LogP contribution is 2.17. The third-order valence-electron chi connectivity index (χ3n) is 3.43. The van der Waals surface area contributed by atoms with Crippen LogP contribution in [0.4, 0.5) is 5.69 Å². The molecular formula is C17H20N2O3S. The van der Waals surface area contributed by atoms with Crippen molar-refractivity contribution >= 4 is 21.6 Å². The van der Waals surface area contributed by atoms with E-state index in [2.05, 4.69) is 10.0 Å². The lowest BCUT2D eigenvalue weighted by Gasteiger charge is -2.13. The van der Waals surface area contributed by atoms with E-state index in [1.165, 1.54) is 19.1 Å². The maximum Gasteiger partial charge on any atom is 0.240 e. The van der Waals surface area contributed by atoms with Gasteiger partial charge in [0.2, 0.25) is 15.9 Å². The van der Waals surface area contributed by atoms with Crippen LogP contribution in [0.5, 0.6) is 0 Å². The van der Waals surface area contributed by atoms with E-state index in [0.29, 0.717) is 12.2 Å². The summed E-state index contributed by atoms with van der Waals surface area (Å²) < 4.78 is 27.2. The Morgan fingerprint density at radius 2 is 1.65 bits per heavy atom. The van der Waals surface area contributed by atoms with E-state index in [0.717, 1.165) is 5.56 Å². The zero-order chi connectivity index (χ0) is 16.9. The van der Waals surface area contributed by atoms with Crippen molar-refractivity contribution in [3.8, 4) is 0 Å². The maximum atomic E-state index is 12.3. The van der Waals surface area contributed by atoms with Gasteiger partial charge in [-0.15, -0.1) is 0 Å². The number of carbonyl (C=O) groups excluding carboxylic acids is 1. The minimum atomic E-state index is -3.57. The molecule has 2 aromatic carbocycles. The predicted octanol–water partition coefficient (Wildman–Crippen LogP) is 2.73. The molecular weight excluding hydrogens is 312 g/mol. The number of carbonyl (C=O) groups is 1. The molecule has 2 N–H and O–H groups in total. The Morgan fingerprint density at radius 1 is 1.04 bits per heavy atom. The number of amides is 1. The molecule has 1 atom stereocenters. The second-order valence-electron chi connectivity index (χ2n) is 5.37. The van der Waals surface area contributed by atoms with Crippen LogP contribution in [-0.4, -0.2) is 20.9 Å². The van der Waals surface area contributed by atoms with Crippen LogP contribution in [0.2, 0.25) is 0 Å². The number of hydrogen-bond acceptors (Lipinski definition) is 3. The lowest BCUT2D eigenvalue weighted by Crippen LogP contribution is -2.27. The van der Waals surface area contributed by atoms with Gasteiger partial charge >= 0.3 is 0 Å². The SMILES string of the molecule is CC(=O)Nc1ccc(S(=O)(=O)NC[C@H](C)c2ccccc2)cc1. The van der Waals surface area contributed by atoms with Gasteiger partial charge < -0.3 is 5.32 Å². The topological polar surface area (TPSA) is 75.3 Å². The summed E-state index contributed by atoms with van der Waals surface area (Å²) in [7, 11) is -3.57. The van der Waals surface area contributed by atoms with Crippen LogP contribution in [-0.2, 0) is 14.8 Å². The highest BCUT2D eigenvalue weighted by Gasteiger charge is 2.15. The quantitative estimate of drug-likeness (QED) is 0.854. The van der Waals surface area contributed by atoms with Crippen molar-refractivity contribution in [3.63, 3.8) is 0 Å². The number of nitrogens with one attached hydrogen (secondary N) is 2. The third-order valence-corrected chi connectivity index (χ3v) is 4.87. The fraction of sp³-hybridized carbons (Fsp3) is 0.235. The Bertz CT molecular complexity index is 756. The summed E-state index contributed by atoms with van der Waals surface area (Å²) in [4.78, 5) is 11.1. The second-order valence-corrected chi connectivity index (χ2v) is 7.14. The summed E-state index contributed by atoms with van der Waals surface area (Å²) in [6, 6.07) is 15.8. The van der Waals surface area contributed by atoms with Crippen LogP contribution in [0.1, 0.15) is 25.3 Å². The van der Waals surface area contributed by atoms with Crippen LogP contribution < -0.4 is 10.0 Å². The van der Waals surface area contributed by atoms with Gasteiger partial charge in [0, 0.05) is 19.2 Å². The molecule has 5 nitrogen and oxygen atoms in total. The number of sulfonamides is 1. The van der Waals surface area contributed by atoms with Gasteiger partial charge in [0.25, 0.3) is 0 Å². The lowest BCUT2D eigenvalue weighted by atomic mass is 10.0. The summed E-state index contributed by atoms with van der Waals surface area (Å²) in [5, 5.41) is 2.60. The molecule has 23 heavy (non-hydrogen) atoms. The number of benzene rings is 2. The van der Waals surface area contributed by atoms with E-state index >= 15 is 0 Å². The van der Waals surface area contributed by atoms with E-state index in [1.54, 1.807) is 12.1 Å². The smallest absolute Gasteiger partial charge is 0.240 e. The monoisotopic (exact) mass is 332 g/mol. The largest absolute Gasteiger partial charge is 0.326 e. The highest BCUT2D eigenvalue weighted by molar-refractivity contribution is 7.89. The number of anilines is 1. The van der Waals surface area contributed by atoms with Gasteiger partial charge in [0.05, 0.1) is 4.90 Å². The van der Waals surface area contributed by atoms with Crippen molar-refractivity contribution in [2.45, 2.75) is 24.7 Å². The van der Waals surface area contributed by atoms with Crippen molar-refractivity contribution in [1.29, 1.82) is 0 Å². The summed E-state index contributed by atoms with van der Waals surface area (Å²) in [6.07, 6.45) is 0. The van der Waals surface area contributed by atoms with Crippen molar-refractivity contribution in [3.05, 3.63) is 60.2 Å².